The van der Waals surface area contributed by atoms with E-state index in [0.717, 1.165) is 31.0 Å². The van der Waals surface area contributed by atoms with Crippen LogP contribution in [0, 0.1) is 0 Å². The van der Waals surface area contributed by atoms with E-state index in [9.17, 15) is 71.2 Å². The molecule has 0 unspecified atom stereocenters. The molecule has 5 aromatic heterocycles. The topological polar surface area (TPSA) is 741 Å². The molecule has 5 rings (SSSR count). The van der Waals surface area contributed by atoms with Crippen LogP contribution in [-0.4, -0.2) is 174 Å². The Hall–Kier alpha value is -2.95. The van der Waals surface area contributed by atoms with Crippen molar-refractivity contribution >= 4 is 76.0 Å². The minimum absolute atomic E-state index is 0.0988. The third-order valence-corrected chi connectivity index (χ3v) is 29.2. The molecule has 0 spiro atoms. The molecule has 0 aromatic carbocycles. The summed E-state index contributed by atoms with van der Waals surface area (Å²) < 4.78 is 110. The van der Waals surface area contributed by atoms with E-state index in [1.807, 2.05) is 0 Å². The Labute approximate surface area is 476 Å². The highest BCUT2D eigenvalue weighted by atomic mass is 31.3. The lowest BCUT2D eigenvalue weighted by Crippen LogP contribution is -2.31. The fourth-order valence-electron chi connectivity index (χ4n) is 5.76. The van der Waals surface area contributed by atoms with Crippen LogP contribution in [0.5, 0.6) is 0 Å². The van der Waals surface area contributed by atoms with Gasteiger partial charge in [0.15, 0.2) is 0 Å². The molecule has 480 valence electrons. The van der Waals surface area contributed by atoms with Crippen LogP contribution in [0.2, 0.25) is 0 Å². The molecule has 0 fully saturated rings. The van der Waals surface area contributed by atoms with E-state index in [-0.39, 0.29) is 27.8 Å². The second kappa shape index (κ2) is 29.8. The van der Waals surface area contributed by atoms with Crippen molar-refractivity contribution in [2.45, 2.75) is 57.5 Å². The molecule has 40 nitrogen and oxygen atoms in total. The fraction of sp³-hybridized carbons (Fsp3) is 0.286. The van der Waals surface area contributed by atoms with Gasteiger partial charge in [-0.3, -0.25) is 70.6 Å². The van der Waals surface area contributed by atoms with Crippen LogP contribution in [0.4, 0.5) is 0 Å². The van der Waals surface area contributed by atoms with Crippen LogP contribution < -0.4 is 0 Å². The van der Waals surface area contributed by atoms with E-state index >= 15 is 0 Å². The molecule has 0 aliphatic carbocycles. The number of aromatic nitrogens is 5. The van der Waals surface area contributed by atoms with E-state index < -0.39 is 133 Å². The van der Waals surface area contributed by atoms with Crippen molar-refractivity contribution in [2.24, 2.45) is 0 Å². The monoisotopic (exact) mass is 1420 g/mol. The molecule has 0 atom stereocenters. The molecular formula is C35H55N5O35P10. The van der Waals surface area contributed by atoms with Gasteiger partial charge in [-0.15, -0.1) is 0 Å². The minimum atomic E-state index is -5.41. The molecule has 5 aromatic rings. The summed E-state index contributed by atoms with van der Waals surface area (Å²) in [6.07, 6.45) is 8.14. The molecule has 0 amide bonds. The Morgan fingerprint density at radius 2 is 0.341 bits per heavy atom. The Balaban J connectivity index is 0.000000531. The van der Waals surface area contributed by atoms with Crippen molar-refractivity contribution in [1.82, 2.24) is 24.9 Å². The van der Waals surface area contributed by atoms with Crippen LogP contribution in [0.3, 0.4) is 0 Å². The van der Waals surface area contributed by atoms with Crippen molar-refractivity contribution in [3.05, 3.63) is 150 Å². The van der Waals surface area contributed by atoms with Crippen molar-refractivity contribution in [1.29, 1.82) is 0 Å². The second-order valence-corrected chi connectivity index (χ2v) is 37.0. The fourth-order valence-corrected chi connectivity index (χ4v) is 16.4. The molecule has 25 N–H and O–H groups in total. The van der Waals surface area contributed by atoms with Crippen LogP contribution in [-0.2, 0) is 77.8 Å². The van der Waals surface area contributed by atoms with Crippen molar-refractivity contribution < 1.29 is 169 Å². The molecule has 85 heavy (non-hydrogen) atoms. The molecule has 0 bridgehead atoms. The Bertz CT molecular complexity index is 2810. The summed E-state index contributed by atoms with van der Waals surface area (Å²) >= 11 is 0. The number of pyridine rings is 5. The van der Waals surface area contributed by atoms with E-state index in [4.69, 9.17) is 97.9 Å². The lowest BCUT2D eigenvalue weighted by atomic mass is 10.2. The first-order valence-corrected chi connectivity index (χ1v) is 37.6. The summed E-state index contributed by atoms with van der Waals surface area (Å²) in [6, 6.07) is 13.7. The van der Waals surface area contributed by atoms with Crippen LogP contribution in [0.25, 0.3) is 0 Å². The zero-order chi connectivity index (χ0) is 66.6. The van der Waals surface area contributed by atoms with Gasteiger partial charge < -0.3 is 123 Å². The number of nitrogens with zero attached hydrogens (tertiary/aromatic N) is 5. The third-order valence-electron chi connectivity index (χ3n) is 10.5. The maximum atomic E-state index is 11.0. The third kappa shape index (κ3) is 21.9. The summed E-state index contributed by atoms with van der Waals surface area (Å²) in [5.41, 5.74) is 0.494. The van der Waals surface area contributed by atoms with Crippen LogP contribution >= 0.6 is 76.0 Å². The van der Waals surface area contributed by atoms with Gasteiger partial charge in [0.25, 0.3) is 25.4 Å². The average molecular weight is 1420 g/mol. The predicted molar refractivity (Wildman–Crippen MR) is 285 cm³/mol. The van der Waals surface area contributed by atoms with Gasteiger partial charge in [-0.2, -0.15) is 0 Å². The number of hydrogen-bond donors (Lipinski definition) is 25. The maximum Gasteiger partial charge on any atom is 0.369 e. The first-order valence-electron chi connectivity index (χ1n) is 21.5. The Morgan fingerprint density at radius 3 is 0.412 bits per heavy atom. The quantitative estimate of drug-likeness (QED) is 0.0380. The first kappa shape index (κ1) is 80.1. The zero-order valence-corrected chi connectivity index (χ0v) is 51.0. The molecule has 0 aliphatic rings. The zero-order valence-electron chi connectivity index (χ0n) is 42.1. The minimum Gasteiger partial charge on any atom is -0.367 e. The highest BCUT2D eigenvalue weighted by Crippen LogP contribution is 2.72. The first-order chi connectivity index (χ1) is 37.9. The summed E-state index contributed by atoms with van der Waals surface area (Å²) in [5.74, 6) is 0. The van der Waals surface area contributed by atoms with Gasteiger partial charge in [0.1, 0.15) is 0 Å². The van der Waals surface area contributed by atoms with Gasteiger partial charge in [-0.25, -0.2) is 0 Å². The Kier molecular flexibility index (Phi) is 28.1. The smallest absolute Gasteiger partial charge is 0.367 e. The average Bonchev–Trinajstić information content (AvgIpc) is 2.50. The van der Waals surface area contributed by atoms with Gasteiger partial charge in [0.05, 0.1) is 0 Å². The van der Waals surface area contributed by atoms with E-state index in [1.165, 1.54) is 91.6 Å². The SMILES string of the molecule is O=P(O)(O)C(O)(Cc1cccnc1)P(=O)(O)O.O=P(O)(O)C(O)(Cc1cccnc1)P(=O)(O)O.O=P(O)(O)C(O)(Cc1cccnc1)P(=O)(O)O.O=P(O)(O)C(O)(Cc1cccnc1)P(=O)(O)O.O=P(O)(O)C(O)(Cc1cccnc1)P(=O)(O)O. The normalized spacial score (nSPS) is 13.7. The van der Waals surface area contributed by atoms with Gasteiger partial charge in [-0.05, 0) is 58.1 Å². The molecule has 0 saturated heterocycles. The molecular weight excluding hydrogens is 1360 g/mol. The molecule has 5 heterocycles. The summed E-state index contributed by atoms with van der Waals surface area (Å²) in [7, 11) is -54.1. The lowest BCUT2D eigenvalue weighted by Gasteiger charge is -2.29. The number of aliphatic hydroxyl groups is 5. The van der Waals surface area contributed by atoms with E-state index in [0.29, 0.717) is 0 Å². The predicted octanol–water partition coefficient (Wildman–Crippen LogP) is -1.87. The van der Waals surface area contributed by atoms with Gasteiger partial charge in [0.2, 0.25) is 0 Å². The van der Waals surface area contributed by atoms with E-state index in [2.05, 4.69) is 24.9 Å². The summed E-state index contributed by atoms with van der Waals surface area (Å²) in [4.78, 5) is 196. The van der Waals surface area contributed by atoms with Crippen LogP contribution in [0.15, 0.2) is 123 Å². The van der Waals surface area contributed by atoms with E-state index in [1.54, 1.807) is 0 Å². The molecule has 0 radical (unpaired) electrons. The highest BCUT2D eigenvalue weighted by molar-refractivity contribution is 7.74. The van der Waals surface area contributed by atoms with Crippen LogP contribution in [0.1, 0.15) is 27.8 Å². The largest absolute Gasteiger partial charge is 0.369 e. The van der Waals surface area contributed by atoms with Crippen molar-refractivity contribution in [3.8, 4) is 0 Å². The lowest BCUT2D eigenvalue weighted by molar-refractivity contribution is 0.130. The second-order valence-electron chi connectivity index (χ2n) is 17.0. The highest BCUT2D eigenvalue weighted by Gasteiger charge is 2.63. The van der Waals surface area contributed by atoms with Gasteiger partial charge in [0, 0.05) is 94.1 Å². The van der Waals surface area contributed by atoms with Gasteiger partial charge in [-0.1, -0.05) is 30.3 Å². The standard InChI is InChI=1S/5C7H11NO7P2/c5*9-7(16(10,11)12,17(13,14)15)4-6-2-1-3-8-5-6/h5*1-3,5,9H,4H2,(H2,10,11,12)(H2,13,14,15). The molecule has 50 heteroatoms. The summed E-state index contributed by atoms with van der Waals surface area (Å²) in [6.45, 7) is 0. The van der Waals surface area contributed by atoms with Gasteiger partial charge >= 0.3 is 76.0 Å². The Morgan fingerprint density at radius 1 is 0.235 bits per heavy atom. The number of hydrogen-bond acceptors (Lipinski definition) is 20. The van der Waals surface area contributed by atoms with Crippen molar-refractivity contribution in [3.63, 3.8) is 0 Å². The van der Waals surface area contributed by atoms with Crippen molar-refractivity contribution in [2.75, 3.05) is 0 Å². The molecule has 0 saturated carbocycles. The number of rotatable bonds is 20. The maximum absolute atomic E-state index is 11.0. The molecule has 0 aliphatic heterocycles. The summed E-state index contributed by atoms with van der Waals surface area (Å²) in [5, 5.41) is 30.8.